The van der Waals surface area contributed by atoms with Crippen molar-refractivity contribution in [3.8, 4) is 17.9 Å². The van der Waals surface area contributed by atoms with E-state index in [0.29, 0.717) is 6.29 Å². The second-order valence-electron chi connectivity index (χ2n) is 2.31. The quantitative estimate of drug-likeness (QED) is 0.459. The van der Waals surface area contributed by atoms with Gasteiger partial charge in [0.15, 0.2) is 17.9 Å². The van der Waals surface area contributed by atoms with Gasteiger partial charge in [0, 0.05) is 5.56 Å². The van der Waals surface area contributed by atoms with Crippen LogP contribution in [-0.2, 0) is 4.79 Å². The van der Waals surface area contributed by atoms with Gasteiger partial charge in [0.2, 0.25) is 0 Å². The highest BCUT2D eigenvalue weighted by atomic mass is 19.2. The van der Waals surface area contributed by atoms with Gasteiger partial charge >= 0.3 is 0 Å². The van der Waals surface area contributed by atoms with Crippen molar-refractivity contribution in [3.05, 3.63) is 34.9 Å². The molecule has 1 aromatic rings. The van der Waals surface area contributed by atoms with Gasteiger partial charge < -0.3 is 0 Å². The van der Waals surface area contributed by atoms with Crippen LogP contribution < -0.4 is 0 Å². The van der Waals surface area contributed by atoms with Crippen LogP contribution in [0.25, 0.3) is 0 Å². The van der Waals surface area contributed by atoms with Crippen LogP contribution in [0.5, 0.6) is 0 Å². The van der Waals surface area contributed by atoms with Crippen molar-refractivity contribution in [2.24, 2.45) is 0 Å². The first-order valence-corrected chi connectivity index (χ1v) is 3.53. The Balaban J connectivity index is 3.36. The van der Waals surface area contributed by atoms with Crippen molar-refractivity contribution in [3.63, 3.8) is 0 Å². The molecule has 0 unspecified atom stereocenters. The van der Waals surface area contributed by atoms with Gasteiger partial charge in [-0.1, -0.05) is 5.92 Å². The molecule has 0 aliphatic rings. The molecule has 1 aromatic carbocycles. The lowest BCUT2D eigenvalue weighted by Crippen LogP contribution is -1.91. The van der Waals surface area contributed by atoms with E-state index < -0.39 is 11.6 Å². The molecule has 0 radical (unpaired) electrons. The molecule has 0 bridgehead atoms. The Morgan fingerprint density at radius 1 is 1.21 bits per heavy atom. The summed E-state index contributed by atoms with van der Waals surface area (Å²) in [5.41, 5.74) is -0.100. The molecule has 1 rings (SSSR count). The monoisotopic (exact) mass is 191 g/mol. The van der Waals surface area contributed by atoms with Crippen molar-refractivity contribution >= 4 is 6.29 Å². The highest BCUT2D eigenvalue weighted by Gasteiger charge is 2.07. The molecule has 0 saturated carbocycles. The standard InChI is InChI=1S/C10H3F2NO/c11-9-4-7(2-1-3-14)8(6-13)5-10(9)12/h3-5H. The van der Waals surface area contributed by atoms with Crippen LogP contribution in [0.15, 0.2) is 12.1 Å². The molecule has 0 aliphatic carbocycles. The first kappa shape index (κ1) is 9.88. The summed E-state index contributed by atoms with van der Waals surface area (Å²) < 4.78 is 25.3. The van der Waals surface area contributed by atoms with E-state index >= 15 is 0 Å². The summed E-state index contributed by atoms with van der Waals surface area (Å²) in [4.78, 5) is 9.91. The molecule has 0 heterocycles. The predicted octanol–water partition coefficient (Wildman–Crippen LogP) is 1.39. The van der Waals surface area contributed by atoms with E-state index in [-0.39, 0.29) is 11.1 Å². The lowest BCUT2D eigenvalue weighted by Gasteiger charge is -1.96. The maximum atomic E-state index is 12.7. The molecule has 14 heavy (non-hydrogen) atoms. The van der Waals surface area contributed by atoms with Gasteiger partial charge in [0.05, 0.1) is 5.56 Å². The molecule has 0 atom stereocenters. The third kappa shape index (κ3) is 1.94. The fourth-order valence-corrected chi connectivity index (χ4v) is 0.850. The molecular weight excluding hydrogens is 188 g/mol. The van der Waals surface area contributed by atoms with Crippen LogP contribution >= 0.6 is 0 Å². The zero-order valence-corrected chi connectivity index (χ0v) is 6.84. The van der Waals surface area contributed by atoms with E-state index in [4.69, 9.17) is 5.26 Å². The summed E-state index contributed by atoms with van der Waals surface area (Å²) in [7, 11) is 0. The highest BCUT2D eigenvalue weighted by Crippen LogP contribution is 2.13. The normalized spacial score (nSPS) is 8.36. The van der Waals surface area contributed by atoms with E-state index in [1.54, 1.807) is 6.07 Å². The molecule has 0 amide bonds. The average Bonchev–Trinajstić information content (AvgIpc) is 2.19. The summed E-state index contributed by atoms with van der Waals surface area (Å²) in [6, 6.07) is 3.17. The molecule has 0 fully saturated rings. The SMILES string of the molecule is N#Cc1cc(F)c(F)cc1C#CC=O. The minimum Gasteiger partial charge on any atom is -0.289 e. The van der Waals surface area contributed by atoms with Crippen LogP contribution in [0, 0.1) is 34.8 Å². The number of aldehydes is 1. The van der Waals surface area contributed by atoms with Crippen LogP contribution in [-0.4, -0.2) is 6.29 Å². The Kier molecular flexibility index (Phi) is 2.93. The number of nitriles is 1. The number of hydrogen-bond donors (Lipinski definition) is 0. The Hall–Kier alpha value is -2.20. The molecule has 68 valence electrons. The summed E-state index contributed by atoms with van der Waals surface area (Å²) >= 11 is 0. The van der Waals surface area contributed by atoms with Crippen LogP contribution in [0.2, 0.25) is 0 Å². The van der Waals surface area contributed by atoms with E-state index in [9.17, 15) is 13.6 Å². The van der Waals surface area contributed by atoms with E-state index in [1.807, 2.05) is 5.92 Å². The first-order chi connectivity index (χ1) is 6.69. The number of carbonyl (C=O) groups excluding carboxylic acids is 1. The predicted molar refractivity (Wildman–Crippen MR) is 44.0 cm³/mol. The maximum Gasteiger partial charge on any atom is 0.193 e. The molecule has 0 aliphatic heterocycles. The van der Waals surface area contributed by atoms with E-state index in [2.05, 4.69) is 5.92 Å². The smallest absolute Gasteiger partial charge is 0.193 e. The number of hydrogen-bond acceptors (Lipinski definition) is 2. The summed E-state index contributed by atoms with van der Waals surface area (Å²) in [6.07, 6.45) is 0.308. The molecule has 0 N–H and O–H groups in total. The third-order valence-electron chi connectivity index (χ3n) is 1.45. The lowest BCUT2D eigenvalue weighted by atomic mass is 10.1. The third-order valence-corrected chi connectivity index (χ3v) is 1.45. The van der Waals surface area contributed by atoms with Crippen molar-refractivity contribution in [2.75, 3.05) is 0 Å². The zero-order chi connectivity index (χ0) is 10.6. The van der Waals surface area contributed by atoms with Gasteiger partial charge in [-0.15, -0.1) is 0 Å². The van der Waals surface area contributed by atoms with Crippen molar-refractivity contribution in [1.82, 2.24) is 0 Å². The van der Waals surface area contributed by atoms with E-state index in [0.717, 1.165) is 12.1 Å². The summed E-state index contributed by atoms with van der Waals surface area (Å²) in [6.45, 7) is 0. The molecule has 4 heteroatoms. The van der Waals surface area contributed by atoms with Crippen molar-refractivity contribution < 1.29 is 13.6 Å². The van der Waals surface area contributed by atoms with Gasteiger partial charge in [-0.05, 0) is 18.1 Å². The number of nitrogens with zero attached hydrogens (tertiary/aromatic N) is 1. The summed E-state index contributed by atoms with van der Waals surface area (Å²) in [5.74, 6) is 2.04. The van der Waals surface area contributed by atoms with Gasteiger partial charge in [0.1, 0.15) is 6.07 Å². The van der Waals surface area contributed by atoms with Gasteiger partial charge in [-0.2, -0.15) is 5.26 Å². The molecule has 0 aromatic heterocycles. The van der Waals surface area contributed by atoms with E-state index in [1.165, 1.54) is 0 Å². The Morgan fingerprint density at radius 3 is 2.29 bits per heavy atom. The van der Waals surface area contributed by atoms with Gasteiger partial charge in [-0.3, -0.25) is 4.79 Å². The second-order valence-corrected chi connectivity index (χ2v) is 2.31. The number of rotatable bonds is 0. The topological polar surface area (TPSA) is 40.9 Å². The Labute approximate surface area is 78.8 Å². The highest BCUT2D eigenvalue weighted by molar-refractivity contribution is 5.74. The van der Waals surface area contributed by atoms with Gasteiger partial charge in [0.25, 0.3) is 0 Å². The first-order valence-electron chi connectivity index (χ1n) is 3.53. The molecule has 2 nitrogen and oxygen atoms in total. The Bertz CT molecular complexity index is 477. The number of benzene rings is 1. The lowest BCUT2D eigenvalue weighted by molar-refractivity contribution is -0.103. The minimum absolute atomic E-state index is 0.00139. The average molecular weight is 191 g/mol. The van der Waals surface area contributed by atoms with Crippen LogP contribution in [0.3, 0.4) is 0 Å². The fourth-order valence-electron chi connectivity index (χ4n) is 0.850. The Morgan fingerprint density at radius 2 is 1.79 bits per heavy atom. The molecule has 0 spiro atoms. The number of halogens is 2. The van der Waals surface area contributed by atoms with Crippen LogP contribution in [0.1, 0.15) is 11.1 Å². The van der Waals surface area contributed by atoms with Crippen LogP contribution in [0.4, 0.5) is 8.78 Å². The second kappa shape index (κ2) is 4.15. The van der Waals surface area contributed by atoms with Crippen molar-refractivity contribution in [1.29, 1.82) is 5.26 Å². The largest absolute Gasteiger partial charge is 0.289 e. The molecular formula is C10H3F2NO. The molecule has 0 saturated heterocycles. The fraction of sp³-hybridized carbons (Fsp3) is 0. The maximum absolute atomic E-state index is 12.7. The van der Waals surface area contributed by atoms with Gasteiger partial charge in [-0.25, -0.2) is 8.78 Å². The summed E-state index contributed by atoms with van der Waals surface area (Å²) in [5, 5.41) is 8.54. The minimum atomic E-state index is -1.11. The van der Waals surface area contributed by atoms with Crippen molar-refractivity contribution in [2.45, 2.75) is 0 Å². The number of carbonyl (C=O) groups is 1. The zero-order valence-electron chi connectivity index (χ0n) is 6.84.